The summed E-state index contributed by atoms with van der Waals surface area (Å²) in [4.78, 5) is 1.76. The van der Waals surface area contributed by atoms with Crippen molar-refractivity contribution in [1.29, 1.82) is 0 Å². The maximum atomic E-state index is 5.05. The Morgan fingerprint density at radius 2 is 1.73 bits per heavy atom. The van der Waals surface area contributed by atoms with E-state index in [4.69, 9.17) is 4.42 Å². The van der Waals surface area contributed by atoms with E-state index in [2.05, 4.69) is 10.2 Å². The molecule has 4 nitrogen and oxygen atoms in total. The number of hydrogen-bond donors (Lipinski definition) is 0. The Hall–Kier alpha value is -1.06. The predicted molar refractivity (Wildman–Crippen MR) is 44.7 cm³/mol. The molecule has 11 heavy (non-hydrogen) atoms. The van der Waals surface area contributed by atoms with Crippen molar-refractivity contribution < 1.29 is 4.42 Å². The molecular formula is C7H15N3O. The molecule has 0 saturated heterocycles. The van der Waals surface area contributed by atoms with Crippen molar-refractivity contribution in [2.45, 2.75) is 20.8 Å². The number of rotatable bonds is 1. The Bertz CT molecular complexity index is 195. The Labute approximate surface area is 67.2 Å². The fourth-order valence-electron chi connectivity index (χ4n) is 0.467. The van der Waals surface area contributed by atoms with E-state index in [0.29, 0.717) is 11.9 Å². The summed E-state index contributed by atoms with van der Waals surface area (Å²) in [5.74, 6) is 0.596. The highest BCUT2D eigenvalue weighted by molar-refractivity contribution is 5.18. The molecule has 0 N–H and O–H groups in total. The first-order valence-corrected chi connectivity index (χ1v) is 3.67. The molecule has 0 aliphatic rings. The summed E-state index contributed by atoms with van der Waals surface area (Å²) in [5, 5.41) is 7.40. The van der Waals surface area contributed by atoms with Crippen LogP contribution in [-0.4, -0.2) is 24.3 Å². The van der Waals surface area contributed by atoms with Gasteiger partial charge in [0, 0.05) is 21.0 Å². The summed E-state index contributed by atoms with van der Waals surface area (Å²) in [6.45, 7) is 5.76. The second-order valence-electron chi connectivity index (χ2n) is 2.00. The van der Waals surface area contributed by atoms with Gasteiger partial charge in [0.1, 0.15) is 0 Å². The summed E-state index contributed by atoms with van der Waals surface area (Å²) in [7, 11) is 3.71. The van der Waals surface area contributed by atoms with Gasteiger partial charge in [0.25, 0.3) is 0 Å². The molecule has 0 fully saturated rings. The Balaban J connectivity index is 0.000000461. The van der Waals surface area contributed by atoms with Gasteiger partial charge in [-0.15, -0.1) is 5.10 Å². The molecule has 1 aromatic rings. The van der Waals surface area contributed by atoms with Gasteiger partial charge < -0.3 is 9.32 Å². The van der Waals surface area contributed by atoms with Crippen LogP contribution in [0.3, 0.4) is 0 Å². The zero-order valence-corrected chi connectivity index (χ0v) is 7.75. The highest BCUT2D eigenvalue weighted by Gasteiger charge is 2.01. The van der Waals surface area contributed by atoms with Crippen molar-refractivity contribution >= 4 is 6.01 Å². The van der Waals surface area contributed by atoms with Crippen molar-refractivity contribution in [2.75, 3.05) is 19.0 Å². The molecule has 0 aromatic carbocycles. The minimum atomic E-state index is 0.549. The van der Waals surface area contributed by atoms with E-state index in [1.54, 1.807) is 11.8 Å². The zero-order chi connectivity index (χ0) is 8.85. The third-order valence-corrected chi connectivity index (χ3v) is 0.898. The fraction of sp³-hybridized carbons (Fsp3) is 0.714. The van der Waals surface area contributed by atoms with Crippen molar-refractivity contribution in [3.05, 3.63) is 5.89 Å². The lowest BCUT2D eigenvalue weighted by molar-refractivity contribution is 0.519. The molecule has 0 amide bonds. The highest BCUT2D eigenvalue weighted by atomic mass is 16.4. The number of nitrogens with zero attached hydrogens (tertiary/aromatic N) is 3. The molecule has 0 aliphatic carbocycles. The van der Waals surface area contributed by atoms with Gasteiger partial charge in [0.2, 0.25) is 5.89 Å². The molecule has 0 saturated carbocycles. The summed E-state index contributed by atoms with van der Waals surface area (Å²) >= 11 is 0. The second kappa shape index (κ2) is 4.71. The molecule has 4 heteroatoms. The highest BCUT2D eigenvalue weighted by Crippen LogP contribution is 2.05. The molecule has 0 unspecified atom stereocenters. The maximum Gasteiger partial charge on any atom is 0.317 e. The first-order chi connectivity index (χ1) is 5.20. The van der Waals surface area contributed by atoms with Crippen LogP contribution >= 0.6 is 0 Å². The van der Waals surface area contributed by atoms with Crippen LogP contribution in [-0.2, 0) is 0 Å². The van der Waals surface area contributed by atoms with Gasteiger partial charge in [-0.1, -0.05) is 18.9 Å². The van der Waals surface area contributed by atoms with E-state index in [1.165, 1.54) is 0 Å². The van der Waals surface area contributed by atoms with Crippen LogP contribution in [0.5, 0.6) is 0 Å². The average Bonchev–Trinajstić information content (AvgIpc) is 2.40. The third-order valence-electron chi connectivity index (χ3n) is 0.898. The van der Waals surface area contributed by atoms with Crippen LogP contribution in [0, 0.1) is 6.92 Å². The van der Waals surface area contributed by atoms with E-state index < -0.39 is 0 Å². The van der Waals surface area contributed by atoms with Gasteiger partial charge in [0.05, 0.1) is 0 Å². The lowest BCUT2D eigenvalue weighted by atomic mass is 10.8. The summed E-state index contributed by atoms with van der Waals surface area (Å²) < 4.78 is 5.05. The quantitative estimate of drug-likeness (QED) is 0.619. The standard InChI is InChI=1S/C5H9N3O.C2H6/c1-4-6-7-5(9-4)8(2)3;1-2/h1-3H3;1-2H3. The number of aryl methyl sites for hydroxylation is 1. The fourth-order valence-corrected chi connectivity index (χ4v) is 0.467. The van der Waals surface area contributed by atoms with Gasteiger partial charge in [-0.2, -0.15) is 0 Å². The number of aromatic nitrogens is 2. The van der Waals surface area contributed by atoms with Crippen molar-refractivity contribution in [2.24, 2.45) is 0 Å². The first-order valence-electron chi connectivity index (χ1n) is 3.67. The molecule has 0 radical (unpaired) electrons. The van der Waals surface area contributed by atoms with Gasteiger partial charge in [-0.3, -0.25) is 0 Å². The minimum absolute atomic E-state index is 0.549. The number of hydrogen-bond acceptors (Lipinski definition) is 4. The first kappa shape index (κ1) is 9.94. The number of anilines is 1. The molecule has 0 bridgehead atoms. The third kappa shape index (κ3) is 3.02. The summed E-state index contributed by atoms with van der Waals surface area (Å²) in [6.07, 6.45) is 0. The van der Waals surface area contributed by atoms with E-state index >= 15 is 0 Å². The minimum Gasteiger partial charge on any atom is -0.408 e. The normalized spacial score (nSPS) is 8.45. The SMILES string of the molecule is CC.Cc1nnc(N(C)C)o1. The maximum absolute atomic E-state index is 5.05. The van der Waals surface area contributed by atoms with Crippen LogP contribution in [0.1, 0.15) is 19.7 Å². The van der Waals surface area contributed by atoms with Crippen molar-refractivity contribution in [3.63, 3.8) is 0 Å². The monoisotopic (exact) mass is 157 g/mol. The average molecular weight is 157 g/mol. The van der Waals surface area contributed by atoms with Crippen LogP contribution in [0.25, 0.3) is 0 Å². The molecule has 64 valence electrons. The van der Waals surface area contributed by atoms with Crippen LogP contribution in [0.4, 0.5) is 6.01 Å². The van der Waals surface area contributed by atoms with E-state index in [1.807, 2.05) is 27.9 Å². The molecule has 0 aliphatic heterocycles. The lowest BCUT2D eigenvalue weighted by Crippen LogP contribution is -2.08. The summed E-state index contributed by atoms with van der Waals surface area (Å²) in [5.41, 5.74) is 0. The second-order valence-corrected chi connectivity index (χ2v) is 2.00. The zero-order valence-electron chi connectivity index (χ0n) is 7.75. The van der Waals surface area contributed by atoms with Gasteiger partial charge in [-0.25, -0.2) is 0 Å². The predicted octanol–water partition coefficient (Wildman–Crippen LogP) is 1.47. The summed E-state index contributed by atoms with van der Waals surface area (Å²) in [6, 6.07) is 0.549. The Morgan fingerprint density at radius 3 is 1.91 bits per heavy atom. The van der Waals surface area contributed by atoms with Gasteiger partial charge in [0.15, 0.2) is 0 Å². The van der Waals surface area contributed by atoms with Crippen LogP contribution < -0.4 is 4.90 Å². The van der Waals surface area contributed by atoms with Crippen LogP contribution in [0.2, 0.25) is 0 Å². The lowest BCUT2D eigenvalue weighted by Gasteiger charge is -2.01. The van der Waals surface area contributed by atoms with E-state index in [9.17, 15) is 0 Å². The van der Waals surface area contributed by atoms with E-state index in [-0.39, 0.29) is 0 Å². The molecule has 0 atom stereocenters. The van der Waals surface area contributed by atoms with Crippen LogP contribution in [0.15, 0.2) is 4.42 Å². The molecule has 1 heterocycles. The topological polar surface area (TPSA) is 42.2 Å². The molecule has 0 spiro atoms. The van der Waals surface area contributed by atoms with E-state index in [0.717, 1.165) is 0 Å². The van der Waals surface area contributed by atoms with Crippen molar-refractivity contribution in [1.82, 2.24) is 10.2 Å². The smallest absolute Gasteiger partial charge is 0.317 e. The molecule has 1 rings (SSSR count). The molecule has 1 aromatic heterocycles. The van der Waals surface area contributed by atoms with Crippen molar-refractivity contribution in [3.8, 4) is 0 Å². The Kier molecular flexibility index (Phi) is 4.26. The van der Waals surface area contributed by atoms with Gasteiger partial charge >= 0.3 is 6.01 Å². The largest absolute Gasteiger partial charge is 0.408 e. The Morgan fingerprint density at radius 1 is 1.18 bits per heavy atom. The molecular weight excluding hydrogens is 142 g/mol. The van der Waals surface area contributed by atoms with Gasteiger partial charge in [-0.05, 0) is 0 Å².